The van der Waals surface area contributed by atoms with Crippen molar-refractivity contribution >= 4 is 34.8 Å². The highest BCUT2D eigenvalue weighted by atomic mass is 35.5. The van der Waals surface area contributed by atoms with E-state index in [1.807, 2.05) is 0 Å². The van der Waals surface area contributed by atoms with Gasteiger partial charge in [0.2, 0.25) is 0 Å². The first kappa shape index (κ1) is 15.4. The molecule has 110 valence electrons. The van der Waals surface area contributed by atoms with E-state index in [4.69, 9.17) is 27.9 Å². The van der Waals surface area contributed by atoms with Crippen LogP contribution in [0.15, 0.2) is 30.3 Å². The zero-order valence-electron chi connectivity index (χ0n) is 10.8. The molecule has 2 aromatic carbocycles. The second-order valence-electron chi connectivity index (χ2n) is 4.06. The van der Waals surface area contributed by atoms with Crippen LogP contribution in [0.25, 0.3) is 0 Å². The van der Waals surface area contributed by atoms with Crippen LogP contribution in [-0.2, 0) is 0 Å². The molecule has 0 aliphatic rings. The first-order valence-electron chi connectivity index (χ1n) is 5.76. The van der Waals surface area contributed by atoms with Gasteiger partial charge in [0.25, 0.3) is 5.91 Å². The number of benzene rings is 2. The van der Waals surface area contributed by atoms with E-state index >= 15 is 0 Å². The lowest BCUT2D eigenvalue weighted by atomic mass is 10.1. The third-order valence-electron chi connectivity index (χ3n) is 2.70. The van der Waals surface area contributed by atoms with Crippen molar-refractivity contribution in [2.24, 2.45) is 0 Å². The van der Waals surface area contributed by atoms with Crippen LogP contribution in [0.5, 0.6) is 11.5 Å². The summed E-state index contributed by atoms with van der Waals surface area (Å²) in [5.41, 5.74) is -0.0153. The Morgan fingerprint density at radius 3 is 2.48 bits per heavy atom. The van der Waals surface area contributed by atoms with Crippen LogP contribution in [0, 0.1) is 5.82 Å². The van der Waals surface area contributed by atoms with Gasteiger partial charge in [0.15, 0.2) is 5.75 Å². The number of anilines is 1. The van der Waals surface area contributed by atoms with E-state index < -0.39 is 11.7 Å². The average Bonchev–Trinajstić information content (AvgIpc) is 2.44. The van der Waals surface area contributed by atoms with Crippen molar-refractivity contribution in [3.05, 3.63) is 51.8 Å². The van der Waals surface area contributed by atoms with Crippen molar-refractivity contribution in [3.8, 4) is 11.5 Å². The Bertz CT molecular complexity index is 684. The number of phenols is 1. The van der Waals surface area contributed by atoms with Crippen LogP contribution >= 0.6 is 23.2 Å². The van der Waals surface area contributed by atoms with Gasteiger partial charge >= 0.3 is 0 Å². The predicted octanol–water partition coefficient (Wildman–Crippen LogP) is 4.10. The van der Waals surface area contributed by atoms with Gasteiger partial charge in [-0.15, -0.1) is 0 Å². The Balaban J connectivity index is 2.35. The Morgan fingerprint density at radius 1 is 1.29 bits per heavy atom. The van der Waals surface area contributed by atoms with Gasteiger partial charge in [0.05, 0.1) is 17.2 Å². The number of hydrogen-bond acceptors (Lipinski definition) is 3. The van der Waals surface area contributed by atoms with E-state index in [1.165, 1.54) is 31.4 Å². The number of aromatic hydroxyl groups is 1. The summed E-state index contributed by atoms with van der Waals surface area (Å²) in [5, 5.41) is 11.8. The third kappa shape index (κ3) is 3.20. The van der Waals surface area contributed by atoms with E-state index in [-0.39, 0.29) is 32.8 Å². The van der Waals surface area contributed by atoms with E-state index in [1.54, 1.807) is 0 Å². The monoisotopic (exact) mass is 329 g/mol. The maximum absolute atomic E-state index is 13.8. The smallest absolute Gasteiger partial charge is 0.262 e. The number of phenolic OH excluding ortho intramolecular Hbond substituents is 1. The minimum absolute atomic E-state index is 0.0294. The zero-order chi connectivity index (χ0) is 15.6. The fourth-order valence-electron chi connectivity index (χ4n) is 1.73. The fraction of sp³-hybridized carbons (Fsp3) is 0.0714. The third-order valence-corrected chi connectivity index (χ3v) is 3.27. The SMILES string of the molecule is COc1cccc(F)c1C(=O)Nc1cc(Cl)c(O)c(Cl)c1. The number of hydrogen-bond donors (Lipinski definition) is 2. The number of amides is 1. The molecule has 2 aromatic rings. The molecule has 4 nitrogen and oxygen atoms in total. The Kier molecular flexibility index (Phi) is 4.55. The van der Waals surface area contributed by atoms with Crippen LogP contribution < -0.4 is 10.1 Å². The molecule has 0 aliphatic heterocycles. The summed E-state index contributed by atoms with van der Waals surface area (Å²) in [7, 11) is 1.33. The van der Waals surface area contributed by atoms with Gasteiger partial charge in [0, 0.05) is 5.69 Å². The highest BCUT2D eigenvalue weighted by Crippen LogP contribution is 2.35. The molecule has 0 unspecified atom stereocenters. The number of nitrogens with one attached hydrogen (secondary N) is 1. The standard InChI is InChI=1S/C14H10Cl2FNO3/c1-21-11-4-2-3-10(17)12(11)14(20)18-7-5-8(15)13(19)9(16)6-7/h2-6,19H,1H3,(H,18,20). The van der Waals surface area contributed by atoms with Crippen LogP contribution in [0.3, 0.4) is 0 Å². The van der Waals surface area contributed by atoms with Gasteiger partial charge < -0.3 is 15.2 Å². The van der Waals surface area contributed by atoms with E-state index in [0.717, 1.165) is 6.07 Å². The van der Waals surface area contributed by atoms with E-state index in [9.17, 15) is 14.3 Å². The molecule has 0 aliphatic carbocycles. The molecule has 2 rings (SSSR count). The highest BCUT2D eigenvalue weighted by molar-refractivity contribution is 6.37. The quantitative estimate of drug-likeness (QED) is 0.833. The first-order valence-corrected chi connectivity index (χ1v) is 6.51. The maximum atomic E-state index is 13.8. The summed E-state index contributed by atoms with van der Waals surface area (Å²) in [6.07, 6.45) is 0. The van der Waals surface area contributed by atoms with Crippen LogP contribution in [0.1, 0.15) is 10.4 Å². The van der Waals surface area contributed by atoms with Crippen LogP contribution in [0.2, 0.25) is 10.0 Å². The van der Waals surface area contributed by atoms with Crippen molar-refractivity contribution in [1.82, 2.24) is 0 Å². The second-order valence-corrected chi connectivity index (χ2v) is 4.87. The Hall–Kier alpha value is -1.98. The number of methoxy groups -OCH3 is 1. The van der Waals surface area contributed by atoms with E-state index in [2.05, 4.69) is 5.32 Å². The lowest BCUT2D eigenvalue weighted by molar-refractivity contribution is 0.102. The zero-order valence-corrected chi connectivity index (χ0v) is 12.3. The molecule has 0 atom stereocenters. The molecule has 0 radical (unpaired) electrons. The number of carbonyl (C=O) groups is 1. The fourth-order valence-corrected chi connectivity index (χ4v) is 2.21. The predicted molar refractivity (Wildman–Crippen MR) is 79.0 cm³/mol. The van der Waals surface area contributed by atoms with Gasteiger partial charge in [-0.3, -0.25) is 4.79 Å². The lowest BCUT2D eigenvalue weighted by Crippen LogP contribution is -2.15. The summed E-state index contributed by atoms with van der Waals surface area (Å²) >= 11 is 11.5. The van der Waals surface area contributed by atoms with Gasteiger partial charge in [-0.25, -0.2) is 4.39 Å². The molecule has 0 spiro atoms. The Morgan fingerprint density at radius 2 is 1.90 bits per heavy atom. The molecule has 0 heterocycles. The second kappa shape index (κ2) is 6.20. The number of rotatable bonds is 3. The number of halogens is 3. The molecule has 0 bridgehead atoms. The molecule has 7 heteroatoms. The van der Waals surface area contributed by atoms with Crippen molar-refractivity contribution < 1.29 is 19.0 Å². The van der Waals surface area contributed by atoms with Gasteiger partial charge in [-0.1, -0.05) is 29.3 Å². The number of carbonyl (C=O) groups excluding carboxylic acids is 1. The summed E-state index contributed by atoms with van der Waals surface area (Å²) in [6, 6.07) is 6.64. The molecule has 21 heavy (non-hydrogen) atoms. The summed E-state index contributed by atoms with van der Waals surface area (Å²) in [4.78, 5) is 12.1. The normalized spacial score (nSPS) is 10.3. The Labute approximate surface area is 130 Å². The van der Waals surface area contributed by atoms with Crippen LogP contribution in [-0.4, -0.2) is 18.1 Å². The average molecular weight is 330 g/mol. The summed E-state index contributed by atoms with van der Waals surface area (Å²) in [5.74, 6) is -1.63. The molecule has 0 saturated carbocycles. The van der Waals surface area contributed by atoms with Gasteiger partial charge in [-0.05, 0) is 24.3 Å². The molecule has 0 aromatic heterocycles. The lowest BCUT2D eigenvalue weighted by Gasteiger charge is -2.11. The summed E-state index contributed by atoms with van der Waals surface area (Å²) in [6.45, 7) is 0. The number of ether oxygens (including phenoxy) is 1. The molecule has 1 amide bonds. The minimum atomic E-state index is -0.720. The van der Waals surface area contributed by atoms with Crippen LogP contribution in [0.4, 0.5) is 10.1 Å². The van der Waals surface area contributed by atoms with Gasteiger partial charge in [0.1, 0.15) is 17.1 Å². The molecule has 2 N–H and O–H groups in total. The molecule has 0 saturated heterocycles. The van der Waals surface area contributed by atoms with E-state index in [0.29, 0.717) is 0 Å². The largest absolute Gasteiger partial charge is 0.505 e. The molecule has 0 fully saturated rings. The van der Waals surface area contributed by atoms with Crippen molar-refractivity contribution in [1.29, 1.82) is 0 Å². The van der Waals surface area contributed by atoms with Crippen molar-refractivity contribution in [2.45, 2.75) is 0 Å². The first-order chi connectivity index (χ1) is 9.93. The summed E-state index contributed by atoms with van der Waals surface area (Å²) < 4.78 is 18.7. The highest BCUT2D eigenvalue weighted by Gasteiger charge is 2.18. The van der Waals surface area contributed by atoms with Gasteiger partial charge in [-0.2, -0.15) is 0 Å². The molecular formula is C14H10Cl2FNO3. The topological polar surface area (TPSA) is 58.6 Å². The minimum Gasteiger partial charge on any atom is -0.505 e. The van der Waals surface area contributed by atoms with Crippen molar-refractivity contribution in [2.75, 3.05) is 12.4 Å². The molecular weight excluding hydrogens is 320 g/mol. The maximum Gasteiger partial charge on any atom is 0.262 e. The van der Waals surface area contributed by atoms with Crippen molar-refractivity contribution in [3.63, 3.8) is 0 Å².